The van der Waals surface area contributed by atoms with Gasteiger partial charge in [0.05, 0.1) is 5.56 Å². The van der Waals surface area contributed by atoms with Gasteiger partial charge >= 0.3 is 0 Å². The molecular formula is C16H15N5O2S. The first-order valence-electron chi connectivity index (χ1n) is 7.70. The molecule has 0 saturated heterocycles. The quantitative estimate of drug-likeness (QED) is 0.714. The van der Waals surface area contributed by atoms with Crippen LogP contribution in [0.4, 0.5) is 5.69 Å². The number of tetrazole rings is 1. The van der Waals surface area contributed by atoms with Crippen LogP contribution in [0, 0.1) is 0 Å². The summed E-state index contributed by atoms with van der Waals surface area (Å²) in [6, 6.07) is 6.42. The number of anilines is 1. The second-order valence-corrected chi connectivity index (χ2v) is 6.73. The Kier molecular flexibility index (Phi) is 3.73. The Labute approximate surface area is 141 Å². The van der Waals surface area contributed by atoms with Gasteiger partial charge in [-0.25, -0.2) is 0 Å². The predicted octanol–water partition coefficient (Wildman–Crippen LogP) is 2.56. The zero-order chi connectivity index (χ0) is 16.5. The topological polar surface area (TPSA) is 92.9 Å². The van der Waals surface area contributed by atoms with Gasteiger partial charge in [0.25, 0.3) is 5.91 Å². The van der Waals surface area contributed by atoms with Gasteiger partial charge in [-0.05, 0) is 65.9 Å². The van der Waals surface area contributed by atoms with Gasteiger partial charge in [-0.3, -0.25) is 4.79 Å². The summed E-state index contributed by atoms with van der Waals surface area (Å²) < 4.78 is 1.55. The lowest BCUT2D eigenvalue weighted by molar-refractivity contribution is 0.102. The molecule has 0 unspecified atom stereocenters. The Bertz CT molecular complexity index is 871. The number of benzene rings is 1. The number of aromatic nitrogens is 4. The monoisotopic (exact) mass is 341 g/mol. The van der Waals surface area contributed by atoms with Gasteiger partial charge in [0.2, 0.25) is 0 Å². The Morgan fingerprint density at radius 2 is 2.00 bits per heavy atom. The van der Waals surface area contributed by atoms with Crippen LogP contribution in [0.1, 0.15) is 33.6 Å². The Morgan fingerprint density at radius 1 is 1.21 bits per heavy atom. The highest BCUT2D eigenvalue weighted by Crippen LogP contribution is 2.36. The van der Waals surface area contributed by atoms with Crippen LogP contribution in [0.2, 0.25) is 0 Å². The summed E-state index contributed by atoms with van der Waals surface area (Å²) >= 11 is 1.58. The van der Waals surface area contributed by atoms with Gasteiger partial charge < -0.3 is 10.4 Å². The number of carbonyl (C=O) groups is 1. The van der Waals surface area contributed by atoms with Crippen molar-refractivity contribution >= 4 is 22.9 Å². The van der Waals surface area contributed by atoms with Crippen LogP contribution in [0.3, 0.4) is 0 Å². The molecule has 1 aliphatic carbocycles. The van der Waals surface area contributed by atoms with Crippen molar-refractivity contribution in [1.82, 2.24) is 20.2 Å². The molecular weight excluding hydrogens is 326 g/mol. The van der Waals surface area contributed by atoms with Crippen LogP contribution in [-0.2, 0) is 12.8 Å². The maximum atomic E-state index is 12.9. The highest BCUT2D eigenvalue weighted by atomic mass is 32.1. The van der Waals surface area contributed by atoms with E-state index >= 15 is 0 Å². The molecule has 2 N–H and O–H groups in total. The zero-order valence-corrected chi connectivity index (χ0v) is 13.6. The smallest absolute Gasteiger partial charge is 0.259 e. The lowest BCUT2D eigenvalue weighted by atomic mass is 9.95. The standard InChI is InChI=1S/C16H15N5O2S/c22-11-7-5-10(6-8-11)18-15(23)14-12-3-1-2-4-13(12)24-16(14)21-9-17-19-20-21/h5-9,22H,1-4H2,(H,18,23). The Morgan fingerprint density at radius 3 is 2.75 bits per heavy atom. The van der Waals surface area contributed by atoms with Gasteiger partial charge in [0, 0.05) is 10.6 Å². The fourth-order valence-corrected chi connectivity index (χ4v) is 4.24. The second-order valence-electron chi connectivity index (χ2n) is 5.65. The van der Waals surface area contributed by atoms with Gasteiger partial charge in [-0.2, -0.15) is 4.68 Å². The lowest BCUT2D eigenvalue weighted by Gasteiger charge is -2.13. The third-order valence-electron chi connectivity index (χ3n) is 4.06. The number of phenolic OH excluding ortho intramolecular Hbond substituents is 1. The third kappa shape index (κ3) is 2.65. The van der Waals surface area contributed by atoms with Gasteiger partial charge in [0.15, 0.2) is 0 Å². The average Bonchev–Trinajstić information content (AvgIpc) is 3.23. The molecule has 1 aromatic carbocycles. The first-order chi connectivity index (χ1) is 11.7. The molecule has 8 heteroatoms. The molecule has 0 radical (unpaired) electrons. The SMILES string of the molecule is O=C(Nc1ccc(O)cc1)c1c(-n2cnnn2)sc2c1CCCC2. The molecule has 0 fully saturated rings. The summed E-state index contributed by atoms with van der Waals surface area (Å²) in [7, 11) is 0. The van der Waals surface area contributed by atoms with Crippen molar-refractivity contribution in [2.75, 3.05) is 5.32 Å². The van der Waals surface area contributed by atoms with Crippen LogP contribution in [0.25, 0.3) is 5.00 Å². The maximum Gasteiger partial charge on any atom is 0.259 e. The van der Waals surface area contributed by atoms with E-state index in [1.54, 1.807) is 40.3 Å². The fourth-order valence-electron chi connectivity index (χ4n) is 2.94. The van der Waals surface area contributed by atoms with Crippen molar-refractivity contribution in [1.29, 1.82) is 0 Å². The Balaban J connectivity index is 1.74. The number of rotatable bonds is 3. The van der Waals surface area contributed by atoms with Crippen molar-refractivity contribution in [3.63, 3.8) is 0 Å². The molecule has 0 saturated carbocycles. The minimum Gasteiger partial charge on any atom is -0.508 e. The second kappa shape index (κ2) is 6.04. The summed E-state index contributed by atoms with van der Waals surface area (Å²) in [4.78, 5) is 14.1. The first-order valence-corrected chi connectivity index (χ1v) is 8.52. The normalized spacial score (nSPS) is 13.5. The van der Waals surface area contributed by atoms with Crippen LogP contribution in [-0.4, -0.2) is 31.2 Å². The number of phenols is 1. The minimum atomic E-state index is -0.175. The van der Waals surface area contributed by atoms with Gasteiger partial charge in [-0.15, -0.1) is 16.4 Å². The fraction of sp³-hybridized carbons (Fsp3) is 0.250. The predicted molar refractivity (Wildman–Crippen MR) is 89.7 cm³/mol. The van der Waals surface area contributed by atoms with Crippen molar-refractivity contribution in [3.05, 3.63) is 46.6 Å². The summed E-state index contributed by atoms with van der Waals surface area (Å²) in [6.07, 6.45) is 5.61. The average molecular weight is 341 g/mol. The maximum absolute atomic E-state index is 12.9. The number of carbonyl (C=O) groups excluding carboxylic acids is 1. The highest BCUT2D eigenvalue weighted by Gasteiger charge is 2.27. The molecule has 3 aromatic rings. The molecule has 0 aliphatic heterocycles. The molecule has 4 rings (SSSR count). The summed E-state index contributed by atoms with van der Waals surface area (Å²) in [5, 5.41) is 24.3. The van der Waals surface area contributed by atoms with Crippen LogP contribution in [0.15, 0.2) is 30.6 Å². The molecule has 2 heterocycles. The first kappa shape index (κ1) is 14.8. The van der Waals surface area contributed by atoms with Crippen LogP contribution < -0.4 is 5.32 Å². The molecule has 0 spiro atoms. The number of thiophene rings is 1. The van der Waals surface area contributed by atoms with Crippen molar-refractivity contribution in [2.24, 2.45) is 0 Å². The summed E-state index contributed by atoms with van der Waals surface area (Å²) in [5.74, 6) is -0.0131. The van der Waals surface area contributed by atoms with Gasteiger partial charge in [-0.1, -0.05) is 0 Å². The van der Waals surface area contributed by atoms with E-state index in [4.69, 9.17) is 0 Å². The van der Waals surface area contributed by atoms with Gasteiger partial charge in [0.1, 0.15) is 17.1 Å². The van der Waals surface area contributed by atoms with E-state index in [1.165, 1.54) is 11.2 Å². The minimum absolute atomic E-state index is 0.162. The molecule has 24 heavy (non-hydrogen) atoms. The van der Waals surface area contributed by atoms with E-state index in [-0.39, 0.29) is 11.7 Å². The molecule has 122 valence electrons. The van der Waals surface area contributed by atoms with Crippen LogP contribution >= 0.6 is 11.3 Å². The van der Waals surface area contributed by atoms with E-state index in [1.807, 2.05) is 0 Å². The van der Waals surface area contributed by atoms with Crippen molar-refractivity contribution in [3.8, 4) is 10.8 Å². The van der Waals surface area contributed by atoms with Crippen LogP contribution in [0.5, 0.6) is 5.75 Å². The molecule has 1 amide bonds. The number of hydrogen-bond donors (Lipinski definition) is 2. The Hall–Kier alpha value is -2.74. The summed E-state index contributed by atoms with van der Waals surface area (Å²) in [5.41, 5.74) is 2.39. The summed E-state index contributed by atoms with van der Waals surface area (Å²) in [6.45, 7) is 0. The number of aromatic hydroxyl groups is 1. The largest absolute Gasteiger partial charge is 0.508 e. The molecule has 0 atom stereocenters. The van der Waals surface area contributed by atoms with E-state index < -0.39 is 0 Å². The molecule has 0 bridgehead atoms. The molecule has 2 aromatic heterocycles. The van der Waals surface area contributed by atoms with Crippen molar-refractivity contribution in [2.45, 2.75) is 25.7 Å². The number of hydrogen-bond acceptors (Lipinski definition) is 6. The van der Waals surface area contributed by atoms with Crippen molar-refractivity contribution < 1.29 is 9.90 Å². The number of nitrogens with one attached hydrogen (secondary N) is 1. The highest BCUT2D eigenvalue weighted by molar-refractivity contribution is 7.15. The van der Waals surface area contributed by atoms with E-state index in [0.29, 0.717) is 11.3 Å². The third-order valence-corrected chi connectivity index (χ3v) is 5.34. The van der Waals surface area contributed by atoms with E-state index in [2.05, 4.69) is 20.8 Å². The number of aryl methyl sites for hydroxylation is 1. The number of nitrogens with zero attached hydrogens (tertiary/aromatic N) is 4. The van der Waals surface area contributed by atoms with E-state index in [0.717, 1.165) is 36.2 Å². The number of fused-ring (bicyclic) bond motifs is 1. The molecule has 7 nitrogen and oxygen atoms in total. The van der Waals surface area contributed by atoms with E-state index in [9.17, 15) is 9.90 Å². The number of amides is 1. The molecule has 1 aliphatic rings. The lowest BCUT2D eigenvalue weighted by Crippen LogP contribution is -2.16. The zero-order valence-electron chi connectivity index (χ0n) is 12.8.